The van der Waals surface area contributed by atoms with Gasteiger partial charge in [0.25, 0.3) is 0 Å². The van der Waals surface area contributed by atoms with Gasteiger partial charge in [-0.15, -0.1) is 0 Å². The van der Waals surface area contributed by atoms with Gasteiger partial charge in [-0.2, -0.15) is 4.99 Å². The second-order valence-electron chi connectivity index (χ2n) is 4.53. The molecule has 0 aromatic heterocycles. The Bertz CT molecular complexity index is 532. The number of isocyanates is 1. The first-order valence-electron chi connectivity index (χ1n) is 5.71. The zero-order valence-corrected chi connectivity index (χ0v) is 10.3. The lowest BCUT2D eigenvalue weighted by atomic mass is 9.71. The number of halogens is 1. The van der Waals surface area contributed by atoms with Crippen LogP contribution in [0.25, 0.3) is 0 Å². The molecule has 1 aromatic carbocycles. The van der Waals surface area contributed by atoms with Gasteiger partial charge in [-0.25, -0.2) is 9.18 Å². The maximum Gasteiger partial charge on any atom is 0.235 e. The highest BCUT2D eigenvalue weighted by molar-refractivity contribution is 5.52. The number of carbonyl (C=O) groups excluding carboxylic acids is 1. The van der Waals surface area contributed by atoms with Crippen LogP contribution in [0.5, 0.6) is 11.5 Å². The average Bonchev–Trinajstić information content (AvgIpc) is 2.29. The highest BCUT2D eigenvalue weighted by Crippen LogP contribution is 2.49. The van der Waals surface area contributed by atoms with Gasteiger partial charge in [0, 0.05) is 5.56 Å². The minimum absolute atomic E-state index is 0.112. The molecule has 1 aromatic rings. The molecule has 1 aliphatic rings. The third kappa shape index (κ3) is 1.68. The van der Waals surface area contributed by atoms with Gasteiger partial charge in [0.15, 0.2) is 17.3 Å². The summed E-state index contributed by atoms with van der Waals surface area (Å²) in [4.78, 5) is 14.2. The Hall–Kier alpha value is -1.87. The molecular formula is C13H14FNO3. The van der Waals surface area contributed by atoms with E-state index >= 15 is 0 Å². The van der Waals surface area contributed by atoms with Crippen molar-refractivity contribution in [2.24, 2.45) is 4.99 Å². The molecule has 2 rings (SSSR count). The molecule has 0 atom stereocenters. The van der Waals surface area contributed by atoms with Crippen molar-refractivity contribution in [2.45, 2.75) is 31.7 Å². The molecule has 0 unspecified atom stereocenters. The van der Waals surface area contributed by atoms with Crippen molar-refractivity contribution in [2.75, 3.05) is 7.11 Å². The number of nitrogens with zero attached hydrogens (tertiary/aromatic N) is 1. The van der Waals surface area contributed by atoms with E-state index in [1.54, 1.807) is 13.0 Å². The van der Waals surface area contributed by atoms with Crippen LogP contribution in [-0.2, 0) is 10.3 Å². The van der Waals surface area contributed by atoms with Crippen LogP contribution in [0.2, 0.25) is 0 Å². The third-order valence-corrected chi connectivity index (χ3v) is 3.52. The van der Waals surface area contributed by atoms with Crippen molar-refractivity contribution < 1.29 is 19.0 Å². The van der Waals surface area contributed by atoms with E-state index in [9.17, 15) is 14.3 Å². The number of aliphatic imine (C=N–C) groups is 1. The number of hydrogen-bond donors (Lipinski definition) is 1. The Labute approximate surface area is 104 Å². The Morgan fingerprint density at radius 2 is 2.22 bits per heavy atom. The van der Waals surface area contributed by atoms with Gasteiger partial charge in [-0.05, 0) is 37.8 Å². The molecule has 1 aliphatic carbocycles. The summed E-state index contributed by atoms with van der Waals surface area (Å²) in [5.41, 5.74) is -0.00737. The molecule has 4 nitrogen and oxygen atoms in total. The second-order valence-corrected chi connectivity index (χ2v) is 4.53. The number of methoxy groups -OCH3 is 1. The number of aromatic hydroxyl groups is 1. The van der Waals surface area contributed by atoms with E-state index in [2.05, 4.69) is 4.99 Å². The van der Waals surface area contributed by atoms with Gasteiger partial charge in [0.05, 0.1) is 7.11 Å². The van der Waals surface area contributed by atoms with Crippen molar-refractivity contribution in [3.63, 3.8) is 0 Å². The Kier molecular flexibility index (Phi) is 3.09. The lowest BCUT2D eigenvalue weighted by molar-refractivity contribution is 0.243. The monoisotopic (exact) mass is 251 g/mol. The zero-order valence-electron chi connectivity index (χ0n) is 10.3. The number of phenols is 1. The Morgan fingerprint density at radius 1 is 1.56 bits per heavy atom. The molecule has 0 aliphatic heterocycles. The molecule has 1 N–H and O–H groups in total. The number of phenolic OH excluding ortho intramolecular Hbond substituents is 1. The van der Waals surface area contributed by atoms with Gasteiger partial charge in [-0.3, -0.25) is 0 Å². The summed E-state index contributed by atoms with van der Waals surface area (Å²) >= 11 is 0. The first-order valence-corrected chi connectivity index (χ1v) is 5.71. The standard InChI is InChI=1S/C13H14FNO3/c1-8-6-9(10(14)11(17)12(8)18-2)13(15-7-16)4-3-5-13/h6,17H,3-5H2,1-2H3. The molecule has 1 saturated carbocycles. The molecule has 0 heterocycles. The van der Waals surface area contributed by atoms with Gasteiger partial charge >= 0.3 is 0 Å². The lowest BCUT2D eigenvalue weighted by Crippen LogP contribution is -2.33. The van der Waals surface area contributed by atoms with Crippen LogP contribution < -0.4 is 4.74 Å². The summed E-state index contributed by atoms with van der Waals surface area (Å²) in [6, 6.07) is 1.58. The molecule has 0 radical (unpaired) electrons. The molecule has 0 amide bonds. The van der Waals surface area contributed by atoms with Crippen molar-refractivity contribution in [1.82, 2.24) is 0 Å². The summed E-state index contributed by atoms with van der Waals surface area (Å²) in [6.45, 7) is 1.71. The SMILES string of the molecule is COc1c(C)cc(C2(N=C=O)CCC2)c(F)c1O. The highest BCUT2D eigenvalue weighted by Gasteiger charge is 2.42. The zero-order chi connectivity index (χ0) is 13.3. The van der Waals surface area contributed by atoms with Crippen molar-refractivity contribution in [1.29, 1.82) is 0 Å². The summed E-state index contributed by atoms with van der Waals surface area (Å²) in [7, 11) is 1.36. The highest BCUT2D eigenvalue weighted by atomic mass is 19.1. The minimum atomic E-state index is -0.861. The maximum atomic E-state index is 14.1. The van der Waals surface area contributed by atoms with Crippen LogP contribution in [-0.4, -0.2) is 18.3 Å². The molecular weight excluding hydrogens is 237 g/mol. The number of benzene rings is 1. The fourth-order valence-corrected chi connectivity index (χ4v) is 2.40. The van der Waals surface area contributed by atoms with Gasteiger partial charge in [-0.1, -0.05) is 0 Å². The number of aryl methyl sites for hydroxylation is 1. The molecule has 0 saturated heterocycles. The average molecular weight is 251 g/mol. The van der Waals surface area contributed by atoms with Gasteiger partial charge in [0.2, 0.25) is 6.08 Å². The summed E-state index contributed by atoms with van der Waals surface area (Å²) in [5, 5.41) is 9.77. The van der Waals surface area contributed by atoms with Gasteiger partial charge in [0.1, 0.15) is 5.54 Å². The Morgan fingerprint density at radius 3 is 2.67 bits per heavy atom. The van der Waals surface area contributed by atoms with Crippen molar-refractivity contribution >= 4 is 6.08 Å². The lowest BCUT2D eigenvalue weighted by Gasteiger charge is -2.37. The topological polar surface area (TPSA) is 58.9 Å². The fraction of sp³-hybridized carbons (Fsp3) is 0.462. The molecule has 18 heavy (non-hydrogen) atoms. The van der Waals surface area contributed by atoms with E-state index in [0.717, 1.165) is 6.42 Å². The molecule has 1 fully saturated rings. The van der Waals surface area contributed by atoms with Crippen molar-refractivity contribution in [3.05, 3.63) is 23.0 Å². The Balaban J connectivity index is 2.62. The largest absolute Gasteiger partial charge is 0.502 e. The normalized spacial score (nSPS) is 16.6. The molecule has 96 valence electrons. The van der Waals surface area contributed by atoms with E-state index in [-0.39, 0.29) is 11.3 Å². The second kappa shape index (κ2) is 4.42. The van der Waals surface area contributed by atoms with Gasteiger partial charge < -0.3 is 9.84 Å². The first kappa shape index (κ1) is 12.6. The predicted molar refractivity (Wildman–Crippen MR) is 63.0 cm³/mol. The van der Waals surface area contributed by atoms with Crippen molar-refractivity contribution in [3.8, 4) is 11.5 Å². The maximum absolute atomic E-state index is 14.1. The van der Waals surface area contributed by atoms with E-state index < -0.39 is 17.1 Å². The van der Waals surface area contributed by atoms with E-state index in [4.69, 9.17) is 4.74 Å². The number of rotatable bonds is 3. The summed E-state index contributed by atoms with van der Waals surface area (Å²) in [5.74, 6) is -1.18. The summed E-state index contributed by atoms with van der Waals surface area (Å²) in [6.07, 6.45) is 3.55. The quantitative estimate of drug-likeness (QED) is 0.663. The minimum Gasteiger partial charge on any atom is -0.502 e. The number of ether oxygens (including phenoxy) is 1. The smallest absolute Gasteiger partial charge is 0.235 e. The van der Waals surface area contributed by atoms with Crippen LogP contribution in [0.15, 0.2) is 11.1 Å². The van der Waals surface area contributed by atoms with Crippen LogP contribution >= 0.6 is 0 Å². The third-order valence-electron chi connectivity index (χ3n) is 3.52. The van der Waals surface area contributed by atoms with Crippen LogP contribution in [0, 0.1) is 12.7 Å². The molecule has 0 spiro atoms. The first-order chi connectivity index (χ1) is 8.55. The molecule has 0 bridgehead atoms. The predicted octanol–water partition coefficient (Wildman–Crippen LogP) is 2.56. The van der Waals surface area contributed by atoms with Crippen LogP contribution in [0.4, 0.5) is 4.39 Å². The van der Waals surface area contributed by atoms with Crippen LogP contribution in [0.1, 0.15) is 30.4 Å². The van der Waals surface area contributed by atoms with Crippen LogP contribution in [0.3, 0.4) is 0 Å². The molecule has 5 heteroatoms. The summed E-state index contributed by atoms with van der Waals surface area (Å²) < 4.78 is 19.1. The fourth-order valence-electron chi connectivity index (χ4n) is 2.40. The van der Waals surface area contributed by atoms with E-state index in [1.807, 2.05) is 0 Å². The van der Waals surface area contributed by atoms with E-state index in [0.29, 0.717) is 18.4 Å². The van der Waals surface area contributed by atoms with E-state index in [1.165, 1.54) is 13.2 Å². The number of hydrogen-bond acceptors (Lipinski definition) is 4.